The second-order valence-corrected chi connectivity index (χ2v) is 4.30. The van der Waals surface area contributed by atoms with Gasteiger partial charge in [-0.1, -0.05) is 19.1 Å². The van der Waals surface area contributed by atoms with Crippen molar-refractivity contribution in [2.75, 3.05) is 0 Å². The van der Waals surface area contributed by atoms with Gasteiger partial charge in [0.1, 0.15) is 0 Å². The average molecular weight is 253 g/mol. The first-order valence-electron chi connectivity index (χ1n) is 5.85. The lowest BCUT2D eigenvalue weighted by Gasteiger charge is -2.22. The number of hydrogen-bond donors (Lipinski definition) is 1. The van der Waals surface area contributed by atoms with Crippen molar-refractivity contribution in [2.45, 2.75) is 32.1 Å². The monoisotopic (exact) mass is 253 g/mol. The summed E-state index contributed by atoms with van der Waals surface area (Å²) < 4.78 is 27.5. The van der Waals surface area contributed by atoms with Crippen LogP contribution in [0.3, 0.4) is 0 Å². The quantitative estimate of drug-likeness (QED) is 0.820. The van der Waals surface area contributed by atoms with Gasteiger partial charge in [-0.3, -0.25) is 14.9 Å². The van der Waals surface area contributed by atoms with Crippen LogP contribution in [-0.2, 0) is 16.0 Å². The molecule has 0 radical (unpaired) electrons. The number of piperidine rings is 1. The highest BCUT2D eigenvalue weighted by Crippen LogP contribution is 2.29. The summed E-state index contributed by atoms with van der Waals surface area (Å²) in [6.45, 7) is 1.73. The number of amides is 2. The van der Waals surface area contributed by atoms with E-state index in [9.17, 15) is 18.4 Å². The summed E-state index contributed by atoms with van der Waals surface area (Å²) in [7, 11) is 0. The Kier molecular flexibility index (Phi) is 3.41. The number of hydrogen-bond acceptors (Lipinski definition) is 2. The molecule has 5 heteroatoms. The highest BCUT2D eigenvalue weighted by molar-refractivity contribution is 6.00. The van der Waals surface area contributed by atoms with Gasteiger partial charge in [-0.25, -0.2) is 8.78 Å². The van der Waals surface area contributed by atoms with E-state index in [1.165, 1.54) is 12.1 Å². The van der Waals surface area contributed by atoms with E-state index in [-0.39, 0.29) is 29.9 Å². The lowest BCUT2D eigenvalue weighted by molar-refractivity contribution is -0.134. The van der Waals surface area contributed by atoms with Crippen molar-refractivity contribution in [2.24, 2.45) is 0 Å². The summed E-state index contributed by atoms with van der Waals surface area (Å²) in [6, 6.07) is 2.91. The highest BCUT2D eigenvalue weighted by atomic mass is 19.2. The minimum Gasteiger partial charge on any atom is -0.296 e. The van der Waals surface area contributed by atoms with Crippen LogP contribution in [0.5, 0.6) is 0 Å². The Labute approximate surface area is 103 Å². The fourth-order valence-electron chi connectivity index (χ4n) is 2.14. The molecule has 1 aliphatic heterocycles. The Hall–Kier alpha value is -1.78. The number of aryl methyl sites for hydroxylation is 1. The van der Waals surface area contributed by atoms with Crippen LogP contribution in [0.2, 0.25) is 0 Å². The number of carbonyl (C=O) groups excluding carboxylic acids is 2. The van der Waals surface area contributed by atoms with Crippen molar-refractivity contribution in [3.05, 3.63) is 34.9 Å². The zero-order chi connectivity index (χ0) is 13.3. The number of nitrogens with one attached hydrogen (secondary N) is 1. The van der Waals surface area contributed by atoms with Gasteiger partial charge in [0.15, 0.2) is 11.6 Å². The molecule has 1 fully saturated rings. The number of rotatable bonds is 2. The maximum atomic E-state index is 13.9. The van der Waals surface area contributed by atoms with Crippen molar-refractivity contribution in [1.82, 2.24) is 5.32 Å². The van der Waals surface area contributed by atoms with Crippen molar-refractivity contribution in [1.29, 1.82) is 0 Å². The highest BCUT2D eigenvalue weighted by Gasteiger charge is 2.31. The van der Waals surface area contributed by atoms with E-state index in [0.29, 0.717) is 6.42 Å². The van der Waals surface area contributed by atoms with Crippen molar-refractivity contribution < 1.29 is 18.4 Å². The minimum absolute atomic E-state index is 0.0229. The van der Waals surface area contributed by atoms with Gasteiger partial charge >= 0.3 is 0 Å². The van der Waals surface area contributed by atoms with Crippen molar-refractivity contribution in [3.8, 4) is 0 Å². The lowest BCUT2D eigenvalue weighted by atomic mass is 9.89. The second-order valence-electron chi connectivity index (χ2n) is 4.30. The molecule has 1 heterocycles. The van der Waals surface area contributed by atoms with Gasteiger partial charge in [-0.15, -0.1) is 0 Å². The van der Waals surface area contributed by atoms with Crippen molar-refractivity contribution in [3.63, 3.8) is 0 Å². The van der Waals surface area contributed by atoms with Crippen molar-refractivity contribution >= 4 is 11.8 Å². The summed E-state index contributed by atoms with van der Waals surface area (Å²) in [5.74, 6) is -3.61. The summed E-state index contributed by atoms with van der Waals surface area (Å²) in [5, 5.41) is 2.14. The zero-order valence-corrected chi connectivity index (χ0v) is 9.93. The van der Waals surface area contributed by atoms with Gasteiger partial charge < -0.3 is 0 Å². The SMILES string of the molecule is CCc1ccc(C2CCC(=O)NC2=O)c(F)c1F. The van der Waals surface area contributed by atoms with Gasteiger partial charge in [0.05, 0.1) is 5.92 Å². The van der Waals surface area contributed by atoms with Crippen LogP contribution in [0.15, 0.2) is 12.1 Å². The summed E-state index contributed by atoms with van der Waals surface area (Å²) >= 11 is 0. The molecule has 1 saturated heterocycles. The number of benzene rings is 1. The maximum absolute atomic E-state index is 13.9. The van der Waals surface area contributed by atoms with Crippen LogP contribution in [0.1, 0.15) is 36.8 Å². The lowest BCUT2D eigenvalue weighted by Crippen LogP contribution is -2.39. The molecule has 96 valence electrons. The molecule has 2 rings (SSSR count). The third-order valence-electron chi connectivity index (χ3n) is 3.19. The van der Waals surface area contributed by atoms with E-state index in [1.54, 1.807) is 6.92 Å². The first-order valence-corrected chi connectivity index (χ1v) is 5.85. The normalized spacial score (nSPS) is 19.8. The third-order valence-corrected chi connectivity index (χ3v) is 3.19. The van der Waals surface area contributed by atoms with Crippen LogP contribution < -0.4 is 5.32 Å². The molecule has 18 heavy (non-hydrogen) atoms. The molecule has 0 aromatic heterocycles. The molecule has 0 spiro atoms. The second kappa shape index (κ2) is 4.84. The Morgan fingerprint density at radius 2 is 2.00 bits per heavy atom. The Bertz CT molecular complexity index is 514. The average Bonchev–Trinajstić information content (AvgIpc) is 2.34. The minimum atomic E-state index is -0.983. The molecule has 2 amide bonds. The van der Waals surface area contributed by atoms with E-state index >= 15 is 0 Å². The number of imide groups is 1. The molecule has 1 aliphatic rings. The van der Waals surface area contributed by atoms with Gasteiger partial charge in [-0.2, -0.15) is 0 Å². The van der Waals surface area contributed by atoms with Gasteiger partial charge in [0, 0.05) is 12.0 Å². The number of halogens is 2. The standard InChI is InChI=1S/C13H13F2NO2/c1-2-7-3-4-8(12(15)11(7)14)9-5-6-10(17)16-13(9)18/h3-4,9H,2,5-6H2,1H3,(H,16,17,18). The third kappa shape index (κ3) is 2.12. The Balaban J connectivity index is 2.37. The first-order chi connectivity index (χ1) is 8.54. The summed E-state index contributed by atoms with van der Waals surface area (Å²) in [5.41, 5.74) is 0.304. The Morgan fingerprint density at radius 3 is 2.61 bits per heavy atom. The predicted molar refractivity (Wildman–Crippen MR) is 60.9 cm³/mol. The molecule has 3 nitrogen and oxygen atoms in total. The predicted octanol–water partition coefficient (Wildman–Crippen LogP) is 2.05. The maximum Gasteiger partial charge on any atom is 0.234 e. The molecule has 1 N–H and O–H groups in total. The summed E-state index contributed by atoms with van der Waals surface area (Å²) in [6.07, 6.45) is 0.748. The zero-order valence-electron chi connectivity index (χ0n) is 9.93. The molecule has 1 aromatic rings. The van der Waals surface area contributed by atoms with Crippen LogP contribution in [0, 0.1) is 11.6 Å². The van der Waals surface area contributed by atoms with E-state index in [2.05, 4.69) is 5.32 Å². The fraction of sp³-hybridized carbons (Fsp3) is 0.385. The molecular weight excluding hydrogens is 240 g/mol. The molecule has 0 saturated carbocycles. The van der Waals surface area contributed by atoms with E-state index in [0.717, 1.165) is 0 Å². The largest absolute Gasteiger partial charge is 0.296 e. The smallest absolute Gasteiger partial charge is 0.234 e. The topological polar surface area (TPSA) is 46.2 Å². The first kappa shape index (κ1) is 12.7. The summed E-state index contributed by atoms with van der Waals surface area (Å²) in [4.78, 5) is 22.6. The molecular formula is C13H13F2NO2. The molecule has 0 bridgehead atoms. The van der Waals surface area contributed by atoms with Gasteiger partial charge in [0.2, 0.25) is 11.8 Å². The molecule has 1 atom stereocenters. The van der Waals surface area contributed by atoms with Crippen LogP contribution in [-0.4, -0.2) is 11.8 Å². The van der Waals surface area contributed by atoms with Crippen LogP contribution in [0.25, 0.3) is 0 Å². The van der Waals surface area contributed by atoms with Crippen LogP contribution >= 0.6 is 0 Å². The molecule has 0 aliphatic carbocycles. The van der Waals surface area contributed by atoms with Gasteiger partial charge in [-0.05, 0) is 18.4 Å². The van der Waals surface area contributed by atoms with Crippen LogP contribution in [0.4, 0.5) is 8.78 Å². The number of carbonyl (C=O) groups is 2. The van der Waals surface area contributed by atoms with E-state index in [4.69, 9.17) is 0 Å². The van der Waals surface area contributed by atoms with E-state index < -0.39 is 23.5 Å². The fourth-order valence-corrected chi connectivity index (χ4v) is 2.14. The molecule has 1 aromatic carbocycles. The van der Waals surface area contributed by atoms with Gasteiger partial charge in [0.25, 0.3) is 0 Å². The Morgan fingerprint density at radius 1 is 1.28 bits per heavy atom. The molecule has 1 unspecified atom stereocenters. The van der Waals surface area contributed by atoms with E-state index in [1.807, 2.05) is 0 Å².